The molecule has 1 heterocycles. The second-order valence-electron chi connectivity index (χ2n) is 6.19. The van der Waals surface area contributed by atoms with E-state index < -0.39 is 18.9 Å². The van der Waals surface area contributed by atoms with Crippen LogP contribution in [0.3, 0.4) is 0 Å². The van der Waals surface area contributed by atoms with Gasteiger partial charge in [0.25, 0.3) is 0 Å². The summed E-state index contributed by atoms with van der Waals surface area (Å²) in [6.45, 7) is 2.60. The Morgan fingerprint density at radius 3 is 2.28 bits per heavy atom. The van der Waals surface area contributed by atoms with E-state index in [2.05, 4.69) is 10.1 Å². The first kappa shape index (κ1) is 19.1. The molecular weight excluding hydrogens is 337 g/mol. The first-order chi connectivity index (χ1) is 11.7. The number of halogens is 3. The van der Waals surface area contributed by atoms with Gasteiger partial charge in [-0.15, -0.1) is 0 Å². The van der Waals surface area contributed by atoms with Crippen molar-refractivity contribution in [2.45, 2.75) is 32.9 Å². The molecule has 8 heteroatoms. The van der Waals surface area contributed by atoms with Gasteiger partial charge in [-0.1, -0.05) is 18.2 Å². The summed E-state index contributed by atoms with van der Waals surface area (Å²) in [7, 11) is 0. The van der Waals surface area contributed by atoms with Crippen molar-refractivity contribution in [2.24, 2.45) is 5.92 Å². The summed E-state index contributed by atoms with van der Waals surface area (Å²) < 4.78 is 40.5. The van der Waals surface area contributed by atoms with Gasteiger partial charge in [-0.3, -0.25) is 4.79 Å². The molecule has 0 unspecified atom stereocenters. The lowest BCUT2D eigenvalue weighted by molar-refractivity contribution is -0.162. The van der Waals surface area contributed by atoms with Crippen molar-refractivity contribution >= 4 is 17.7 Å². The molecule has 0 radical (unpaired) electrons. The third-order valence-corrected chi connectivity index (χ3v) is 4.21. The Kier molecular flexibility index (Phi) is 5.92. The SMILES string of the molecule is Cc1cccc(C)c1NC(=O)C1CCN(C(=O)OCC(F)(F)F)CC1. The molecule has 0 spiro atoms. The minimum absolute atomic E-state index is 0.138. The maximum absolute atomic E-state index is 12.4. The number of rotatable bonds is 3. The van der Waals surface area contributed by atoms with Gasteiger partial charge in [0, 0.05) is 24.7 Å². The highest BCUT2D eigenvalue weighted by molar-refractivity contribution is 5.94. The Balaban J connectivity index is 1.85. The number of nitrogens with zero attached hydrogens (tertiary/aromatic N) is 1. The first-order valence-corrected chi connectivity index (χ1v) is 8.03. The zero-order chi connectivity index (χ0) is 18.6. The van der Waals surface area contributed by atoms with Crippen LogP contribution in [0.25, 0.3) is 0 Å². The zero-order valence-electron chi connectivity index (χ0n) is 14.2. The lowest BCUT2D eigenvalue weighted by Gasteiger charge is -2.31. The van der Waals surface area contributed by atoms with E-state index in [0.717, 1.165) is 16.8 Å². The second-order valence-corrected chi connectivity index (χ2v) is 6.19. The van der Waals surface area contributed by atoms with Gasteiger partial charge >= 0.3 is 12.3 Å². The molecule has 5 nitrogen and oxygen atoms in total. The molecule has 1 aromatic carbocycles. The maximum Gasteiger partial charge on any atom is 0.422 e. The van der Waals surface area contributed by atoms with Crippen LogP contribution in [0.5, 0.6) is 0 Å². The molecule has 1 N–H and O–H groups in total. The van der Waals surface area contributed by atoms with E-state index in [9.17, 15) is 22.8 Å². The van der Waals surface area contributed by atoms with Crippen molar-refractivity contribution in [3.8, 4) is 0 Å². The number of carbonyl (C=O) groups is 2. The van der Waals surface area contributed by atoms with Crippen LogP contribution in [0.4, 0.5) is 23.7 Å². The fourth-order valence-corrected chi connectivity index (χ4v) is 2.80. The van der Waals surface area contributed by atoms with Gasteiger partial charge in [-0.25, -0.2) is 4.79 Å². The van der Waals surface area contributed by atoms with Crippen LogP contribution in [0, 0.1) is 19.8 Å². The molecule has 0 saturated carbocycles. The Morgan fingerprint density at radius 2 is 1.76 bits per heavy atom. The van der Waals surface area contributed by atoms with Gasteiger partial charge in [0.05, 0.1) is 0 Å². The summed E-state index contributed by atoms with van der Waals surface area (Å²) in [5.74, 6) is -0.425. The molecule has 0 aliphatic carbocycles. The van der Waals surface area contributed by atoms with Crippen LogP contribution < -0.4 is 5.32 Å². The lowest BCUT2D eigenvalue weighted by Crippen LogP contribution is -2.42. The zero-order valence-corrected chi connectivity index (χ0v) is 14.2. The topological polar surface area (TPSA) is 58.6 Å². The average molecular weight is 358 g/mol. The van der Waals surface area contributed by atoms with Gasteiger partial charge in [0.1, 0.15) is 0 Å². The number of likely N-dealkylation sites (tertiary alicyclic amines) is 1. The molecule has 2 rings (SSSR count). The number of alkyl halides is 3. The van der Waals surface area contributed by atoms with E-state index >= 15 is 0 Å². The normalized spacial score (nSPS) is 15.8. The number of aryl methyl sites for hydroxylation is 2. The largest absolute Gasteiger partial charge is 0.440 e. The van der Waals surface area contributed by atoms with E-state index in [1.807, 2.05) is 32.0 Å². The van der Waals surface area contributed by atoms with Crippen LogP contribution in [-0.4, -0.2) is 42.8 Å². The minimum atomic E-state index is -4.54. The lowest BCUT2D eigenvalue weighted by atomic mass is 9.95. The molecule has 0 atom stereocenters. The summed E-state index contributed by atoms with van der Waals surface area (Å²) in [4.78, 5) is 25.2. The molecule has 1 aliphatic heterocycles. The molecule has 1 aliphatic rings. The van der Waals surface area contributed by atoms with Crippen molar-refractivity contribution in [2.75, 3.05) is 25.0 Å². The van der Waals surface area contributed by atoms with Crippen LogP contribution in [0.15, 0.2) is 18.2 Å². The van der Waals surface area contributed by atoms with E-state index in [1.54, 1.807) is 0 Å². The third-order valence-electron chi connectivity index (χ3n) is 4.21. The van der Waals surface area contributed by atoms with E-state index in [1.165, 1.54) is 4.90 Å². The van der Waals surface area contributed by atoms with Crippen LogP contribution in [-0.2, 0) is 9.53 Å². The standard InChI is InChI=1S/C17H21F3N2O3/c1-11-4-3-5-12(2)14(11)21-15(23)13-6-8-22(9-7-13)16(24)25-10-17(18,19)20/h3-5,13H,6-10H2,1-2H3,(H,21,23). The quantitative estimate of drug-likeness (QED) is 0.897. The van der Waals surface area contributed by atoms with Crippen LogP contribution in [0.1, 0.15) is 24.0 Å². The predicted octanol–water partition coefficient (Wildman–Crippen LogP) is 3.65. The average Bonchev–Trinajstić information content (AvgIpc) is 2.55. The molecule has 1 aromatic rings. The van der Waals surface area contributed by atoms with Gasteiger partial charge in [-0.2, -0.15) is 13.2 Å². The number of hydrogen-bond acceptors (Lipinski definition) is 3. The monoisotopic (exact) mass is 358 g/mol. The Bertz CT molecular complexity index is 618. The van der Waals surface area contributed by atoms with Gasteiger partial charge < -0.3 is 15.0 Å². The summed E-state index contributed by atoms with van der Waals surface area (Å²) in [5, 5.41) is 2.91. The third kappa shape index (κ3) is 5.37. The number of para-hydroxylation sites is 1. The molecule has 1 saturated heterocycles. The molecular formula is C17H21F3N2O3. The summed E-state index contributed by atoms with van der Waals surface area (Å²) in [6.07, 6.45) is -4.76. The highest BCUT2D eigenvalue weighted by Gasteiger charge is 2.33. The molecule has 25 heavy (non-hydrogen) atoms. The minimum Gasteiger partial charge on any atom is -0.440 e. The van der Waals surface area contributed by atoms with Gasteiger partial charge in [-0.05, 0) is 37.8 Å². The molecule has 138 valence electrons. The number of piperidine rings is 1. The van der Waals surface area contributed by atoms with Crippen molar-refractivity contribution in [3.05, 3.63) is 29.3 Å². The predicted molar refractivity (Wildman–Crippen MR) is 86.2 cm³/mol. The Hall–Kier alpha value is -2.25. The summed E-state index contributed by atoms with van der Waals surface area (Å²) in [6, 6.07) is 5.72. The van der Waals surface area contributed by atoms with Crippen molar-refractivity contribution in [1.29, 1.82) is 0 Å². The van der Waals surface area contributed by atoms with Crippen LogP contribution >= 0.6 is 0 Å². The number of amides is 2. The number of anilines is 1. The van der Waals surface area contributed by atoms with Gasteiger partial charge in [0.2, 0.25) is 5.91 Å². The molecule has 2 amide bonds. The van der Waals surface area contributed by atoms with Crippen molar-refractivity contribution in [1.82, 2.24) is 4.90 Å². The Labute approximate surface area is 144 Å². The fourth-order valence-electron chi connectivity index (χ4n) is 2.80. The first-order valence-electron chi connectivity index (χ1n) is 8.03. The van der Waals surface area contributed by atoms with Gasteiger partial charge in [0.15, 0.2) is 6.61 Å². The highest BCUT2D eigenvalue weighted by Crippen LogP contribution is 2.24. The summed E-state index contributed by atoms with van der Waals surface area (Å²) in [5.41, 5.74) is 2.70. The maximum atomic E-state index is 12.4. The molecule has 0 bridgehead atoms. The Morgan fingerprint density at radius 1 is 1.20 bits per heavy atom. The fraction of sp³-hybridized carbons (Fsp3) is 0.529. The van der Waals surface area contributed by atoms with E-state index in [4.69, 9.17) is 0 Å². The van der Waals surface area contributed by atoms with Crippen molar-refractivity contribution in [3.63, 3.8) is 0 Å². The smallest absolute Gasteiger partial charge is 0.422 e. The highest BCUT2D eigenvalue weighted by atomic mass is 19.4. The van der Waals surface area contributed by atoms with Crippen molar-refractivity contribution < 1.29 is 27.5 Å². The molecule has 1 fully saturated rings. The number of carbonyl (C=O) groups excluding carboxylic acids is 2. The number of benzene rings is 1. The van der Waals surface area contributed by atoms with Crippen LogP contribution in [0.2, 0.25) is 0 Å². The number of ether oxygens (including phenoxy) is 1. The van der Waals surface area contributed by atoms with E-state index in [0.29, 0.717) is 12.8 Å². The van der Waals surface area contributed by atoms with E-state index in [-0.39, 0.29) is 24.9 Å². The number of nitrogens with one attached hydrogen (secondary N) is 1. The summed E-state index contributed by atoms with van der Waals surface area (Å²) >= 11 is 0. The number of hydrogen-bond donors (Lipinski definition) is 1. The molecule has 0 aromatic heterocycles. The second kappa shape index (κ2) is 7.76.